The second-order valence-corrected chi connectivity index (χ2v) is 4.92. The van der Waals surface area contributed by atoms with E-state index in [-0.39, 0.29) is 29.3 Å². The van der Waals surface area contributed by atoms with Crippen LogP contribution in [0.2, 0.25) is 0 Å². The van der Waals surface area contributed by atoms with Crippen molar-refractivity contribution in [1.82, 2.24) is 0 Å². The third-order valence-electron chi connectivity index (χ3n) is 4.40. The predicted molar refractivity (Wildman–Crippen MR) is 72.0 cm³/mol. The van der Waals surface area contributed by atoms with Gasteiger partial charge in [0, 0.05) is 11.3 Å². The molecule has 0 aliphatic heterocycles. The summed E-state index contributed by atoms with van der Waals surface area (Å²) in [5, 5.41) is 0. The molecule has 0 rings (SSSR count). The van der Waals surface area contributed by atoms with Gasteiger partial charge < -0.3 is 0 Å². The van der Waals surface area contributed by atoms with Gasteiger partial charge in [-0.2, -0.15) is 0 Å². The summed E-state index contributed by atoms with van der Waals surface area (Å²) in [5.41, 5.74) is -0.262. The van der Waals surface area contributed by atoms with Crippen molar-refractivity contribution in [3.05, 3.63) is 0 Å². The van der Waals surface area contributed by atoms with Crippen molar-refractivity contribution < 1.29 is 9.59 Å². The Balaban J connectivity index is 4.67. The molecule has 0 aromatic rings. The van der Waals surface area contributed by atoms with E-state index in [1.807, 2.05) is 34.6 Å². The van der Waals surface area contributed by atoms with Crippen LogP contribution in [0.4, 0.5) is 0 Å². The first-order valence-corrected chi connectivity index (χ1v) is 7.07. The highest BCUT2D eigenvalue weighted by atomic mass is 16.1. The van der Waals surface area contributed by atoms with Crippen LogP contribution in [0.15, 0.2) is 0 Å². The minimum Gasteiger partial charge on any atom is -0.299 e. The number of hydrogen-bond acceptors (Lipinski definition) is 2. The number of hydrogen-bond donors (Lipinski definition) is 0. The third kappa shape index (κ3) is 3.93. The second kappa shape index (κ2) is 7.62. The first kappa shape index (κ1) is 16.3. The summed E-state index contributed by atoms with van der Waals surface area (Å²) >= 11 is 0. The summed E-state index contributed by atoms with van der Waals surface area (Å²) < 4.78 is 0. The Labute approximate surface area is 106 Å². The molecule has 0 bridgehead atoms. The molecule has 0 fully saturated rings. The topological polar surface area (TPSA) is 34.1 Å². The van der Waals surface area contributed by atoms with Gasteiger partial charge in [0.05, 0.1) is 6.42 Å². The third-order valence-corrected chi connectivity index (χ3v) is 4.40. The van der Waals surface area contributed by atoms with Crippen molar-refractivity contribution in [2.45, 2.75) is 73.1 Å². The summed E-state index contributed by atoms with van der Waals surface area (Å²) in [6, 6.07) is 0. The van der Waals surface area contributed by atoms with Crippen molar-refractivity contribution in [2.75, 3.05) is 0 Å². The van der Waals surface area contributed by atoms with E-state index in [1.165, 1.54) is 0 Å². The van der Waals surface area contributed by atoms with Crippen molar-refractivity contribution in [1.29, 1.82) is 0 Å². The van der Waals surface area contributed by atoms with Gasteiger partial charge in [-0.3, -0.25) is 9.59 Å². The largest absolute Gasteiger partial charge is 0.299 e. The quantitative estimate of drug-likeness (QED) is 0.567. The maximum atomic E-state index is 12.3. The van der Waals surface area contributed by atoms with E-state index in [1.54, 1.807) is 0 Å². The van der Waals surface area contributed by atoms with Crippen molar-refractivity contribution >= 4 is 11.6 Å². The summed E-state index contributed by atoms with van der Waals surface area (Å²) in [6.45, 7) is 10.2. The molecule has 0 unspecified atom stereocenters. The molecule has 0 aliphatic rings. The van der Waals surface area contributed by atoms with Gasteiger partial charge in [-0.05, 0) is 32.1 Å². The van der Waals surface area contributed by atoms with Gasteiger partial charge in [0.2, 0.25) is 0 Å². The molecule has 2 heteroatoms. The van der Waals surface area contributed by atoms with E-state index in [9.17, 15) is 9.59 Å². The summed E-state index contributed by atoms with van der Waals surface area (Å²) in [6.07, 6.45) is 4.36. The molecule has 0 atom stereocenters. The van der Waals surface area contributed by atoms with E-state index < -0.39 is 0 Å². The first-order valence-electron chi connectivity index (χ1n) is 7.07. The lowest BCUT2D eigenvalue weighted by atomic mass is 9.73. The molecule has 0 saturated heterocycles. The Morgan fingerprint density at radius 1 is 0.882 bits per heavy atom. The van der Waals surface area contributed by atoms with Crippen LogP contribution in [-0.4, -0.2) is 11.6 Å². The molecule has 0 N–H and O–H groups in total. The molecule has 0 heterocycles. The Bertz CT molecular complexity index is 239. The average Bonchev–Trinajstić information content (AvgIpc) is 2.33. The van der Waals surface area contributed by atoms with Crippen molar-refractivity contribution in [2.24, 2.45) is 11.3 Å². The predicted octanol–water partition coefficient (Wildman–Crippen LogP) is 4.17. The van der Waals surface area contributed by atoms with Crippen LogP contribution in [-0.2, 0) is 9.59 Å². The number of rotatable bonds is 9. The Hall–Kier alpha value is -0.660. The van der Waals surface area contributed by atoms with Crippen LogP contribution < -0.4 is 0 Å². The average molecular weight is 240 g/mol. The minimum absolute atomic E-state index is 0.0715. The molecular formula is C15H28O2. The molecule has 17 heavy (non-hydrogen) atoms. The molecule has 0 radical (unpaired) electrons. The maximum Gasteiger partial charge on any atom is 0.146 e. The molecule has 2 nitrogen and oxygen atoms in total. The minimum atomic E-state index is -0.262. The van der Waals surface area contributed by atoms with Crippen molar-refractivity contribution in [3.8, 4) is 0 Å². The number of Topliss-reactive ketones (excluding diaryl/α,β-unsaturated/α-hetero) is 2. The standard InChI is InChI=1S/C15H28O2/c1-6-12(7-2)13(16)11-14(17)15(8-3,9-4)10-5/h12H,6-11H2,1-5H3. The van der Waals surface area contributed by atoms with E-state index >= 15 is 0 Å². The summed E-state index contributed by atoms with van der Waals surface area (Å²) in [5.74, 6) is 0.365. The lowest BCUT2D eigenvalue weighted by Gasteiger charge is -2.29. The van der Waals surface area contributed by atoms with E-state index in [0.29, 0.717) is 0 Å². The fourth-order valence-corrected chi connectivity index (χ4v) is 2.58. The highest BCUT2D eigenvalue weighted by Gasteiger charge is 2.34. The molecule has 0 amide bonds. The Morgan fingerprint density at radius 3 is 1.59 bits per heavy atom. The number of carbonyl (C=O) groups is 2. The highest BCUT2D eigenvalue weighted by molar-refractivity contribution is 6.02. The molecule has 0 aromatic carbocycles. The van der Waals surface area contributed by atoms with Crippen LogP contribution in [0.1, 0.15) is 73.1 Å². The van der Waals surface area contributed by atoms with Gasteiger partial charge in [-0.25, -0.2) is 0 Å². The summed E-state index contributed by atoms with van der Waals surface area (Å²) in [7, 11) is 0. The fraction of sp³-hybridized carbons (Fsp3) is 0.867. The monoisotopic (exact) mass is 240 g/mol. The van der Waals surface area contributed by atoms with E-state index in [0.717, 1.165) is 32.1 Å². The molecule has 0 saturated carbocycles. The first-order chi connectivity index (χ1) is 8.01. The van der Waals surface area contributed by atoms with Gasteiger partial charge >= 0.3 is 0 Å². The van der Waals surface area contributed by atoms with Crippen LogP contribution in [0.3, 0.4) is 0 Å². The lowest BCUT2D eigenvalue weighted by molar-refractivity contribution is -0.135. The zero-order valence-corrected chi connectivity index (χ0v) is 12.1. The van der Waals surface area contributed by atoms with Gasteiger partial charge in [0.25, 0.3) is 0 Å². The van der Waals surface area contributed by atoms with Crippen LogP contribution in [0, 0.1) is 11.3 Å². The van der Waals surface area contributed by atoms with Crippen LogP contribution in [0.25, 0.3) is 0 Å². The molecule has 0 aliphatic carbocycles. The van der Waals surface area contributed by atoms with E-state index in [4.69, 9.17) is 0 Å². The van der Waals surface area contributed by atoms with Crippen molar-refractivity contribution in [3.63, 3.8) is 0 Å². The SMILES string of the molecule is CCC(CC)C(=O)CC(=O)C(CC)(CC)CC. The lowest BCUT2D eigenvalue weighted by Crippen LogP contribution is -2.32. The molecular weight excluding hydrogens is 212 g/mol. The van der Waals surface area contributed by atoms with Gasteiger partial charge in [-0.15, -0.1) is 0 Å². The maximum absolute atomic E-state index is 12.3. The van der Waals surface area contributed by atoms with Gasteiger partial charge in [-0.1, -0.05) is 34.6 Å². The Morgan fingerprint density at radius 2 is 1.29 bits per heavy atom. The molecule has 0 spiro atoms. The number of ketones is 2. The Kier molecular flexibility index (Phi) is 7.33. The van der Waals surface area contributed by atoms with Gasteiger partial charge in [0.15, 0.2) is 0 Å². The number of carbonyl (C=O) groups excluding carboxylic acids is 2. The molecule has 100 valence electrons. The highest BCUT2D eigenvalue weighted by Crippen LogP contribution is 2.33. The summed E-state index contributed by atoms with van der Waals surface area (Å²) in [4.78, 5) is 24.3. The van der Waals surface area contributed by atoms with Crippen LogP contribution in [0.5, 0.6) is 0 Å². The zero-order chi connectivity index (χ0) is 13.5. The second-order valence-electron chi connectivity index (χ2n) is 4.92. The zero-order valence-electron chi connectivity index (χ0n) is 12.1. The molecule has 0 aromatic heterocycles. The van der Waals surface area contributed by atoms with E-state index in [2.05, 4.69) is 0 Å². The van der Waals surface area contributed by atoms with Gasteiger partial charge in [0.1, 0.15) is 11.6 Å². The smallest absolute Gasteiger partial charge is 0.146 e. The fourth-order valence-electron chi connectivity index (χ4n) is 2.58. The normalized spacial score (nSPS) is 11.9. The van der Waals surface area contributed by atoms with Crippen LogP contribution >= 0.6 is 0 Å².